The Morgan fingerprint density at radius 3 is 2.30 bits per heavy atom. The van der Waals surface area contributed by atoms with Gasteiger partial charge < -0.3 is 24.8 Å². The molecule has 30 heavy (non-hydrogen) atoms. The van der Waals surface area contributed by atoms with Crippen LogP contribution >= 0.6 is 11.6 Å². The lowest BCUT2D eigenvalue weighted by atomic mass is 10.2. The Morgan fingerprint density at radius 2 is 1.70 bits per heavy atom. The van der Waals surface area contributed by atoms with Crippen LogP contribution in [0.1, 0.15) is 10.4 Å². The van der Waals surface area contributed by atoms with Crippen molar-refractivity contribution in [1.29, 1.82) is 0 Å². The summed E-state index contributed by atoms with van der Waals surface area (Å²) in [5.41, 5.74) is 1.11. The SMILES string of the molecule is COc1cc(Nc2nc(Nc3cc(OC)c(Cl)cc3C=O)ncc2F)cc(OC)c1. The molecule has 0 atom stereocenters. The minimum atomic E-state index is -0.674. The van der Waals surface area contributed by atoms with Crippen molar-refractivity contribution in [3.05, 3.63) is 52.9 Å². The standard InChI is InChI=1S/C20H18ClFN4O4/c1-28-13-5-12(6-14(7-13)29-2)24-19-16(22)9-23-20(26-19)25-17-8-18(30-3)15(21)4-11(17)10-27/h4-10H,1-3H3,(H2,23,24,25,26). The first-order chi connectivity index (χ1) is 14.5. The molecular weight excluding hydrogens is 415 g/mol. The second-order valence-corrected chi connectivity index (χ2v) is 6.34. The molecule has 1 heterocycles. The van der Waals surface area contributed by atoms with Crippen molar-refractivity contribution < 1.29 is 23.4 Å². The first kappa shape index (κ1) is 21.1. The summed E-state index contributed by atoms with van der Waals surface area (Å²) in [4.78, 5) is 19.4. The van der Waals surface area contributed by atoms with E-state index in [1.807, 2.05) is 0 Å². The topological polar surface area (TPSA) is 94.6 Å². The smallest absolute Gasteiger partial charge is 0.229 e. The first-order valence-corrected chi connectivity index (χ1v) is 8.97. The molecule has 0 bridgehead atoms. The van der Waals surface area contributed by atoms with Gasteiger partial charge in [-0.25, -0.2) is 9.37 Å². The Bertz CT molecular complexity index is 1060. The third-order valence-electron chi connectivity index (χ3n) is 4.06. The number of carbonyl (C=O) groups is 1. The Labute approximate surface area is 177 Å². The van der Waals surface area contributed by atoms with E-state index in [4.69, 9.17) is 25.8 Å². The number of ether oxygens (including phenoxy) is 3. The number of anilines is 4. The Kier molecular flexibility index (Phi) is 6.53. The van der Waals surface area contributed by atoms with Crippen molar-refractivity contribution >= 4 is 41.0 Å². The molecule has 0 fully saturated rings. The molecule has 2 N–H and O–H groups in total. The van der Waals surface area contributed by atoms with E-state index >= 15 is 0 Å². The predicted molar refractivity (Wildman–Crippen MR) is 111 cm³/mol. The zero-order chi connectivity index (χ0) is 21.7. The van der Waals surface area contributed by atoms with Gasteiger partial charge in [0.1, 0.15) is 17.2 Å². The number of aldehydes is 1. The van der Waals surface area contributed by atoms with E-state index in [1.54, 1.807) is 18.2 Å². The molecule has 2 aromatic carbocycles. The van der Waals surface area contributed by atoms with Crippen LogP contribution in [-0.4, -0.2) is 37.6 Å². The minimum Gasteiger partial charge on any atom is -0.497 e. The highest BCUT2D eigenvalue weighted by Crippen LogP contribution is 2.32. The van der Waals surface area contributed by atoms with Gasteiger partial charge in [-0.1, -0.05) is 11.6 Å². The summed E-state index contributed by atoms with van der Waals surface area (Å²) in [5, 5.41) is 6.02. The number of nitrogens with zero attached hydrogens (tertiary/aromatic N) is 2. The van der Waals surface area contributed by atoms with E-state index in [0.717, 1.165) is 6.20 Å². The fraction of sp³-hybridized carbons (Fsp3) is 0.150. The number of aromatic nitrogens is 2. The highest BCUT2D eigenvalue weighted by molar-refractivity contribution is 6.32. The minimum absolute atomic E-state index is 0.0567. The van der Waals surface area contributed by atoms with Crippen LogP contribution in [0.3, 0.4) is 0 Å². The summed E-state index contributed by atoms with van der Waals surface area (Å²) in [6.07, 6.45) is 1.63. The Balaban J connectivity index is 1.92. The first-order valence-electron chi connectivity index (χ1n) is 8.59. The van der Waals surface area contributed by atoms with Crippen LogP contribution in [0.15, 0.2) is 36.5 Å². The second kappa shape index (κ2) is 9.27. The van der Waals surface area contributed by atoms with Gasteiger partial charge in [0.25, 0.3) is 0 Å². The molecule has 0 aliphatic heterocycles. The van der Waals surface area contributed by atoms with Crippen LogP contribution in [0.5, 0.6) is 17.2 Å². The summed E-state index contributed by atoms with van der Waals surface area (Å²) >= 11 is 6.05. The number of hydrogen-bond donors (Lipinski definition) is 2. The molecule has 0 unspecified atom stereocenters. The van der Waals surface area contributed by atoms with Crippen molar-refractivity contribution in [1.82, 2.24) is 9.97 Å². The molecule has 156 valence electrons. The average molecular weight is 433 g/mol. The monoisotopic (exact) mass is 432 g/mol. The normalized spacial score (nSPS) is 10.3. The summed E-state index contributed by atoms with van der Waals surface area (Å²) < 4.78 is 29.9. The molecule has 0 aliphatic carbocycles. The van der Waals surface area contributed by atoms with Crippen LogP contribution in [-0.2, 0) is 0 Å². The van der Waals surface area contributed by atoms with Crippen LogP contribution in [0.25, 0.3) is 0 Å². The maximum Gasteiger partial charge on any atom is 0.229 e. The lowest BCUT2D eigenvalue weighted by Gasteiger charge is -2.13. The number of hydrogen-bond acceptors (Lipinski definition) is 8. The highest BCUT2D eigenvalue weighted by Gasteiger charge is 2.13. The van der Waals surface area contributed by atoms with E-state index in [1.165, 1.54) is 33.5 Å². The fourth-order valence-electron chi connectivity index (χ4n) is 2.58. The zero-order valence-corrected chi connectivity index (χ0v) is 17.1. The summed E-state index contributed by atoms with van der Waals surface area (Å²) in [7, 11) is 4.47. The molecular formula is C20H18ClFN4O4. The fourth-order valence-corrected chi connectivity index (χ4v) is 2.83. The third-order valence-corrected chi connectivity index (χ3v) is 4.35. The van der Waals surface area contributed by atoms with E-state index in [-0.39, 0.29) is 22.4 Å². The van der Waals surface area contributed by atoms with Gasteiger partial charge in [0.15, 0.2) is 17.9 Å². The lowest BCUT2D eigenvalue weighted by molar-refractivity contribution is 0.112. The van der Waals surface area contributed by atoms with Gasteiger partial charge in [0, 0.05) is 35.5 Å². The molecule has 0 aliphatic rings. The molecule has 0 radical (unpaired) electrons. The Morgan fingerprint density at radius 1 is 1.00 bits per heavy atom. The van der Waals surface area contributed by atoms with Crippen molar-refractivity contribution in [3.8, 4) is 17.2 Å². The maximum absolute atomic E-state index is 14.3. The van der Waals surface area contributed by atoms with Gasteiger partial charge >= 0.3 is 0 Å². The molecule has 8 nitrogen and oxygen atoms in total. The van der Waals surface area contributed by atoms with Gasteiger partial charge in [-0.05, 0) is 6.07 Å². The lowest BCUT2D eigenvalue weighted by Crippen LogP contribution is -2.05. The molecule has 1 aromatic heterocycles. The largest absolute Gasteiger partial charge is 0.497 e. The molecule has 0 amide bonds. The van der Waals surface area contributed by atoms with Crippen LogP contribution < -0.4 is 24.8 Å². The van der Waals surface area contributed by atoms with E-state index < -0.39 is 5.82 Å². The number of rotatable bonds is 8. The summed E-state index contributed by atoms with van der Waals surface area (Å²) in [6, 6.07) is 7.97. The number of halogens is 2. The zero-order valence-electron chi connectivity index (χ0n) is 16.3. The van der Waals surface area contributed by atoms with Crippen molar-refractivity contribution in [3.63, 3.8) is 0 Å². The quantitative estimate of drug-likeness (QED) is 0.499. The third kappa shape index (κ3) is 4.69. The summed E-state index contributed by atoms with van der Waals surface area (Å²) in [5.74, 6) is 0.694. The molecule has 0 spiro atoms. The molecule has 10 heteroatoms. The van der Waals surface area contributed by atoms with Crippen molar-refractivity contribution in [2.75, 3.05) is 32.0 Å². The molecule has 3 rings (SSSR count). The van der Waals surface area contributed by atoms with Crippen LogP contribution in [0, 0.1) is 5.82 Å². The summed E-state index contributed by atoms with van der Waals surface area (Å²) in [6.45, 7) is 0. The predicted octanol–water partition coefficient (Wildman–Crippen LogP) is 4.59. The van der Waals surface area contributed by atoms with Gasteiger partial charge in [-0.15, -0.1) is 0 Å². The number of benzene rings is 2. The van der Waals surface area contributed by atoms with Crippen molar-refractivity contribution in [2.45, 2.75) is 0 Å². The van der Waals surface area contributed by atoms with E-state index in [2.05, 4.69) is 20.6 Å². The van der Waals surface area contributed by atoms with E-state index in [0.29, 0.717) is 34.9 Å². The van der Waals surface area contributed by atoms with Crippen LogP contribution in [0.2, 0.25) is 5.02 Å². The van der Waals surface area contributed by atoms with E-state index in [9.17, 15) is 9.18 Å². The molecule has 0 saturated carbocycles. The number of methoxy groups -OCH3 is 3. The van der Waals surface area contributed by atoms with Gasteiger partial charge in [-0.2, -0.15) is 4.98 Å². The maximum atomic E-state index is 14.3. The Hall–Kier alpha value is -3.59. The molecule has 3 aromatic rings. The number of carbonyl (C=O) groups excluding carboxylic acids is 1. The van der Waals surface area contributed by atoms with Gasteiger partial charge in [0.2, 0.25) is 5.95 Å². The molecule has 0 saturated heterocycles. The van der Waals surface area contributed by atoms with Gasteiger partial charge in [0.05, 0.1) is 38.2 Å². The number of nitrogens with one attached hydrogen (secondary N) is 2. The highest BCUT2D eigenvalue weighted by atomic mass is 35.5. The van der Waals surface area contributed by atoms with Gasteiger partial charge in [-0.3, -0.25) is 4.79 Å². The van der Waals surface area contributed by atoms with Crippen LogP contribution in [0.4, 0.5) is 27.5 Å². The van der Waals surface area contributed by atoms with Crippen molar-refractivity contribution in [2.24, 2.45) is 0 Å². The average Bonchev–Trinajstić information content (AvgIpc) is 2.76. The second-order valence-electron chi connectivity index (χ2n) is 5.93.